The number of rotatable bonds is 6. The molecule has 0 spiro atoms. The lowest BCUT2D eigenvalue weighted by atomic mass is 10.2. The number of aromatic nitrogens is 4. The molecule has 30 heavy (non-hydrogen) atoms. The van der Waals surface area contributed by atoms with Crippen LogP contribution in [0, 0.1) is 10.1 Å². The number of hydrogen-bond acceptors (Lipinski definition) is 6. The first-order valence-electron chi connectivity index (χ1n) is 8.70. The lowest BCUT2D eigenvalue weighted by Crippen LogP contribution is -2.23. The molecule has 2 heterocycles. The van der Waals surface area contributed by atoms with Crippen molar-refractivity contribution >= 4 is 39.9 Å². The number of halogens is 2. The third kappa shape index (κ3) is 3.72. The Kier molecular flexibility index (Phi) is 5.39. The van der Waals surface area contributed by atoms with Crippen LogP contribution < -0.4 is 10.3 Å². The van der Waals surface area contributed by atoms with Crippen LogP contribution in [0.1, 0.15) is 0 Å². The van der Waals surface area contributed by atoms with E-state index < -0.39 is 4.92 Å². The molecule has 11 heteroatoms. The summed E-state index contributed by atoms with van der Waals surface area (Å²) in [5, 5.41) is 16.6. The molecule has 0 fully saturated rings. The quantitative estimate of drug-likeness (QED) is 0.329. The number of fused-ring (bicyclic) bond motifs is 1. The predicted octanol–water partition coefficient (Wildman–Crippen LogP) is 3.88. The zero-order valence-electron chi connectivity index (χ0n) is 15.2. The molecule has 4 rings (SSSR count). The largest absolute Gasteiger partial charge is 0.490 e. The second-order valence-electron chi connectivity index (χ2n) is 6.21. The summed E-state index contributed by atoms with van der Waals surface area (Å²) in [6.07, 6.45) is 2.69. The fraction of sp³-hybridized carbons (Fsp3) is 0.105. The molecule has 0 N–H and O–H groups in total. The third-order valence-electron chi connectivity index (χ3n) is 4.34. The number of hydrogen-bond donors (Lipinski definition) is 0. The van der Waals surface area contributed by atoms with Crippen molar-refractivity contribution in [1.29, 1.82) is 0 Å². The van der Waals surface area contributed by atoms with Crippen LogP contribution in [0.2, 0.25) is 10.0 Å². The van der Waals surface area contributed by atoms with E-state index in [0.29, 0.717) is 15.8 Å². The molecule has 0 atom stereocenters. The van der Waals surface area contributed by atoms with Crippen LogP contribution in [0.25, 0.3) is 16.7 Å². The zero-order valence-corrected chi connectivity index (χ0v) is 16.7. The van der Waals surface area contributed by atoms with E-state index in [2.05, 4.69) is 10.1 Å². The molecule has 2 aromatic carbocycles. The van der Waals surface area contributed by atoms with E-state index in [9.17, 15) is 14.9 Å². The maximum absolute atomic E-state index is 12.8. The van der Waals surface area contributed by atoms with Gasteiger partial charge in [0.25, 0.3) is 11.2 Å². The minimum atomic E-state index is -0.512. The van der Waals surface area contributed by atoms with Gasteiger partial charge in [0.05, 0.1) is 22.7 Å². The van der Waals surface area contributed by atoms with Crippen molar-refractivity contribution in [3.63, 3.8) is 0 Å². The Hall–Kier alpha value is -3.43. The monoisotopic (exact) mass is 445 g/mol. The Balaban J connectivity index is 1.61. The number of benzene rings is 2. The summed E-state index contributed by atoms with van der Waals surface area (Å²) in [5.74, 6) is 0.412. The summed E-state index contributed by atoms with van der Waals surface area (Å²) in [7, 11) is 0. The van der Waals surface area contributed by atoms with Gasteiger partial charge in [-0.25, -0.2) is 9.67 Å². The van der Waals surface area contributed by atoms with Crippen LogP contribution in [-0.4, -0.2) is 30.9 Å². The molecule has 0 amide bonds. The highest BCUT2D eigenvalue weighted by molar-refractivity contribution is 6.34. The summed E-state index contributed by atoms with van der Waals surface area (Å²) in [5.41, 5.74) is -0.0312. The van der Waals surface area contributed by atoms with Gasteiger partial charge < -0.3 is 4.74 Å². The molecule has 0 bridgehead atoms. The van der Waals surface area contributed by atoms with Gasteiger partial charge in [-0.15, -0.1) is 0 Å². The Morgan fingerprint density at radius 2 is 1.97 bits per heavy atom. The second-order valence-corrected chi connectivity index (χ2v) is 7.05. The standard InChI is InChI=1S/C19H13Cl2N5O4/c20-12-5-6-14(21)17(9-12)30-8-7-24-11-22-18-13(19(24)27)10-23-25(18)15-3-1-2-4-16(15)26(28)29/h1-6,9-11H,7-8H2. The Morgan fingerprint density at radius 3 is 2.77 bits per heavy atom. The summed E-state index contributed by atoms with van der Waals surface area (Å²) in [6, 6.07) is 11.0. The zero-order chi connectivity index (χ0) is 21.3. The van der Waals surface area contributed by atoms with E-state index >= 15 is 0 Å². The molecule has 152 valence electrons. The van der Waals surface area contributed by atoms with Gasteiger partial charge in [-0.1, -0.05) is 35.3 Å². The average Bonchev–Trinajstić information content (AvgIpc) is 3.17. The van der Waals surface area contributed by atoms with E-state index in [1.165, 1.54) is 27.8 Å². The first-order valence-corrected chi connectivity index (χ1v) is 9.46. The van der Waals surface area contributed by atoms with Crippen molar-refractivity contribution in [2.24, 2.45) is 0 Å². The van der Waals surface area contributed by atoms with Crippen molar-refractivity contribution < 1.29 is 9.66 Å². The van der Waals surface area contributed by atoms with Gasteiger partial charge in [0.2, 0.25) is 0 Å². The fourth-order valence-corrected chi connectivity index (χ4v) is 3.26. The van der Waals surface area contributed by atoms with Crippen LogP contribution in [0.5, 0.6) is 5.75 Å². The number of para-hydroxylation sites is 2. The molecule has 0 saturated heterocycles. The minimum absolute atomic E-state index is 0.139. The molecule has 0 aliphatic heterocycles. The first kappa shape index (κ1) is 19.9. The van der Waals surface area contributed by atoms with E-state index in [1.807, 2.05) is 0 Å². The van der Waals surface area contributed by atoms with Crippen molar-refractivity contribution in [1.82, 2.24) is 19.3 Å². The Bertz CT molecular complexity index is 1320. The SMILES string of the molecule is O=c1c2cnn(-c3ccccc3[N+](=O)[O-])c2ncn1CCOc1cc(Cl)ccc1Cl. The number of nitro groups is 1. The van der Waals surface area contributed by atoms with Crippen molar-refractivity contribution in [2.75, 3.05) is 6.61 Å². The normalized spacial score (nSPS) is 11.0. The van der Waals surface area contributed by atoms with Crippen LogP contribution >= 0.6 is 23.2 Å². The lowest BCUT2D eigenvalue weighted by molar-refractivity contribution is -0.384. The summed E-state index contributed by atoms with van der Waals surface area (Å²) >= 11 is 12.0. The third-order valence-corrected chi connectivity index (χ3v) is 4.89. The smallest absolute Gasteiger partial charge is 0.294 e. The predicted molar refractivity (Wildman–Crippen MR) is 112 cm³/mol. The van der Waals surface area contributed by atoms with Crippen LogP contribution in [-0.2, 0) is 6.54 Å². The van der Waals surface area contributed by atoms with Crippen LogP contribution in [0.15, 0.2) is 59.8 Å². The van der Waals surface area contributed by atoms with E-state index in [1.54, 1.807) is 36.4 Å². The maximum Gasteiger partial charge on any atom is 0.294 e. The molecule has 0 radical (unpaired) electrons. The van der Waals surface area contributed by atoms with E-state index in [-0.39, 0.29) is 41.1 Å². The Morgan fingerprint density at radius 1 is 1.17 bits per heavy atom. The van der Waals surface area contributed by atoms with Crippen LogP contribution in [0.4, 0.5) is 5.69 Å². The molecule has 0 unspecified atom stereocenters. The minimum Gasteiger partial charge on any atom is -0.490 e. The molecular formula is C19H13Cl2N5O4. The van der Waals surface area contributed by atoms with Gasteiger partial charge in [-0.05, 0) is 18.2 Å². The van der Waals surface area contributed by atoms with Gasteiger partial charge >= 0.3 is 0 Å². The second kappa shape index (κ2) is 8.13. The highest BCUT2D eigenvalue weighted by Gasteiger charge is 2.19. The lowest BCUT2D eigenvalue weighted by Gasteiger charge is -2.10. The highest BCUT2D eigenvalue weighted by Crippen LogP contribution is 2.27. The van der Waals surface area contributed by atoms with Gasteiger partial charge in [0.15, 0.2) is 5.65 Å². The molecule has 0 aliphatic carbocycles. The molecule has 4 aromatic rings. The van der Waals surface area contributed by atoms with E-state index in [4.69, 9.17) is 27.9 Å². The molecule has 9 nitrogen and oxygen atoms in total. The number of ether oxygens (including phenoxy) is 1. The van der Waals surface area contributed by atoms with Crippen LogP contribution in [0.3, 0.4) is 0 Å². The van der Waals surface area contributed by atoms with Gasteiger partial charge in [-0.3, -0.25) is 19.5 Å². The van der Waals surface area contributed by atoms with Crippen molar-refractivity contribution in [3.8, 4) is 11.4 Å². The molecule has 0 saturated carbocycles. The number of nitrogens with zero attached hydrogens (tertiary/aromatic N) is 5. The summed E-state index contributed by atoms with van der Waals surface area (Å²) in [4.78, 5) is 27.9. The molecule has 2 aromatic heterocycles. The molecular weight excluding hydrogens is 433 g/mol. The van der Waals surface area contributed by atoms with Crippen molar-refractivity contribution in [2.45, 2.75) is 6.54 Å². The van der Waals surface area contributed by atoms with Gasteiger partial charge in [0, 0.05) is 17.2 Å². The number of nitro benzene ring substituents is 1. The van der Waals surface area contributed by atoms with Gasteiger partial charge in [0.1, 0.15) is 29.8 Å². The topological polar surface area (TPSA) is 105 Å². The molecule has 0 aliphatic rings. The summed E-state index contributed by atoms with van der Waals surface area (Å²) < 4.78 is 8.25. The average molecular weight is 446 g/mol. The van der Waals surface area contributed by atoms with Crippen molar-refractivity contribution in [3.05, 3.63) is 85.5 Å². The summed E-state index contributed by atoms with van der Waals surface area (Å²) in [6.45, 7) is 0.368. The highest BCUT2D eigenvalue weighted by atomic mass is 35.5. The van der Waals surface area contributed by atoms with Gasteiger partial charge in [-0.2, -0.15) is 5.10 Å². The fourth-order valence-electron chi connectivity index (χ4n) is 2.92. The first-order chi connectivity index (χ1) is 14.5. The Labute approximate surface area is 179 Å². The van der Waals surface area contributed by atoms with E-state index in [0.717, 1.165) is 0 Å². The maximum atomic E-state index is 12.8.